The minimum absolute atomic E-state index is 0.199. The number of benzene rings is 2. The zero-order valence-electron chi connectivity index (χ0n) is 28.7. The minimum Gasteiger partial charge on any atom is -0.457 e. The number of carbonyl (C=O) groups excluding carboxylic acids is 4. The predicted octanol–water partition coefficient (Wildman–Crippen LogP) is 7.22. The number of nitrogens with zero attached hydrogens (tertiary/aromatic N) is 4. The first-order valence-electron chi connectivity index (χ1n) is 16.4. The number of anilines is 3. The van der Waals surface area contributed by atoms with Crippen LogP contribution in [0.4, 0.5) is 26.7 Å². The van der Waals surface area contributed by atoms with Gasteiger partial charge in [-0.15, -0.1) is 11.3 Å². The highest BCUT2D eigenvalue weighted by molar-refractivity contribution is 7.21. The van der Waals surface area contributed by atoms with Gasteiger partial charge in [0.1, 0.15) is 26.8 Å². The van der Waals surface area contributed by atoms with Crippen LogP contribution in [0.3, 0.4) is 0 Å². The molecule has 1 atom stereocenters. The third-order valence-corrected chi connectivity index (χ3v) is 9.35. The highest BCUT2D eigenvalue weighted by Crippen LogP contribution is 2.46. The molecule has 13 heteroatoms. The third kappa shape index (κ3) is 7.57. The molecule has 5 amide bonds. The molecule has 0 aliphatic carbocycles. The van der Waals surface area contributed by atoms with Crippen molar-refractivity contribution in [2.75, 3.05) is 36.9 Å². The van der Waals surface area contributed by atoms with Crippen molar-refractivity contribution in [3.05, 3.63) is 83.4 Å². The lowest BCUT2D eigenvalue weighted by Gasteiger charge is -2.33. The van der Waals surface area contributed by atoms with Gasteiger partial charge in [0.05, 0.1) is 22.4 Å². The number of ether oxygens (including phenoxy) is 2. The molecular weight excluding hydrogens is 657 g/mol. The number of thiophene rings is 1. The summed E-state index contributed by atoms with van der Waals surface area (Å²) in [5.74, 6) is 0.823. The zero-order chi connectivity index (χ0) is 35.6. The summed E-state index contributed by atoms with van der Waals surface area (Å²) in [6, 6.07) is 16.1. The van der Waals surface area contributed by atoms with E-state index < -0.39 is 17.7 Å². The Hall–Kier alpha value is -5.43. The van der Waals surface area contributed by atoms with E-state index in [1.165, 1.54) is 22.3 Å². The Balaban J connectivity index is 1.14. The summed E-state index contributed by atoms with van der Waals surface area (Å²) in [6.07, 6.45) is 5.65. The minimum atomic E-state index is -0.609. The Bertz CT molecular complexity index is 1970. The summed E-state index contributed by atoms with van der Waals surface area (Å²) >= 11 is 1.21. The molecule has 12 nitrogen and oxygen atoms in total. The number of urea groups is 1. The molecule has 260 valence electrons. The first kappa shape index (κ1) is 34.4. The van der Waals surface area contributed by atoms with Gasteiger partial charge in [-0.3, -0.25) is 14.5 Å². The fourth-order valence-electron chi connectivity index (χ4n) is 5.93. The van der Waals surface area contributed by atoms with Crippen molar-refractivity contribution in [3.8, 4) is 11.5 Å². The quantitative estimate of drug-likeness (QED) is 0.186. The van der Waals surface area contributed by atoms with Gasteiger partial charge in [0.15, 0.2) is 0 Å². The lowest BCUT2D eigenvalue weighted by atomic mass is 10.0. The Kier molecular flexibility index (Phi) is 9.78. The highest BCUT2D eigenvalue weighted by atomic mass is 32.1. The summed E-state index contributed by atoms with van der Waals surface area (Å²) in [5, 5.41) is 6.72. The van der Waals surface area contributed by atoms with E-state index >= 15 is 0 Å². The molecule has 2 aliphatic heterocycles. The molecule has 2 aliphatic rings. The molecule has 4 heterocycles. The van der Waals surface area contributed by atoms with Crippen LogP contribution in [0.15, 0.2) is 72.9 Å². The summed E-state index contributed by atoms with van der Waals surface area (Å²) < 4.78 is 11.3. The van der Waals surface area contributed by atoms with E-state index in [9.17, 15) is 19.2 Å². The van der Waals surface area contributed by atoms with Gasteiger partial charge < -0.3 is 29.9 Å². The second kappa shape index (κ2) is 14.2. The number of amides is 5. The molecule has 0 radical (unpaired) electrons. The maximum Gasteiger partial charge on any atom is 0.410 e. The lowest BCUT2D eigenvalue weighted by Crippen LogP contribution is -2.49. The number of pyridine rings is 1. The molecule has 0 bridgehead atoms. The van der Waals surface area contributed by atoms with Crippen LogP contribution in [0.25, 0.3) is 10.2 Å². The number of rotatable bonds is 8. The van der Waals surface area contributed by atoms with Gasteiger partial charge >= 0.3 is 12.1 Å². The first-order valence-corrected chi connectivity index (χ1v) is 17.3. The van der Waals surface area contributed by atoms with Gasteiger partial charge in [0, 0.05) is 45.0 Å². The van der Waals surface area contributed by atoms with Gasteiger partial charge in [-0.2, -0.15) is 0 Å². The van der Waals surface area contributed by atoms with Crippen LogP contribution in [-0.2, 0) is 9.53 Å². The number of aryl methyl sites for hydroxylation is 1. The smallest absolute Gasteiger partial charge is 0.410 e. The van der Waals surface area contributed by atoms with Crippen LogP contribution in [0.1, 0.15) is 48.8 Å². The summed E-state index contributed by atoms with van der Waals surface area (Å²) in [5.41, 5.74) is 1.95. The normalized spacial score (nSPS) is 15.9. The monoisotopic (exact) mass is 696 g/mol. The number of nitrogens with one attached hydrogen (secondary N) is 2. The Morgan fingerprint density at radius 3 is 2.62 bits per heavy atom. The second-order valence-electron chi connectivity index (χ2n) is 13.3. The number of carbonyl (C=O) groups is 4. The van der Waals surface area contributed by atoms with Crippen molar-refractivity contribution in [3.63, 3.8) is 0 Å². The van der Waals surface area contributed by atoms with Crippen LogP contribution in [0.5, 0.6) is 11.5 Å². The average Bonchev–Trinajstić information content (AvgIpc) is 3.44. The number of aromatic nitrogens is 1. The zero-order valence-corrected chi connectivity index (χ0v) is 29.5. The van der Waals surface area contributed by atoms with E-state index in [4.69, 9.17) is 9.47 Å². The van der Waals surface area contributed by atoms with Crippen LogP contribution >= 0.6 is 11.3 Å². The van der Waals surface area contributed by atoms with Crippen molar-refractivity contribution in [2.24, 2.45) is 0 Å². The molecule has 50 heavy (non-hydrogen) atoms. The van der Waals surface area contributed by atoms with Gasteiger partial charge in [-0.1, -0.05) is 24.3 Å². The standard InChI is InChI=1S/C37H40N6O6S/c1-23-21-26(48-25-12-7-6-8-13-25)15-16-27(23)43-28-17-18-38-34-30(28)31(40-35(43)46)32(50-34)33(45)39-24-11-9-20-42(22-24)29(44)14-10-19-41(5)36(47)49-37(2,3)4/h6-8,10,12-18,21,24H,9,11,19-20,22H2,1-5H3,(H,39,45)(H,40,46)/b14-10+. The van der Waals surface area contributed by atoms with Crippen molar-refractivity contribution in [1.29, 1.82) is 0 Å². The molecule has 1 saturated heterocycles. The number of likely N-dealkylation sites (tertiary alicyclic amines) is 1. The van der Waals surface area contributed by atoms with Crippen LogP contribution in [0, 0.1) is 6.92 Å². The van der Waals surface area contributed by atoms with Crippen LogP contribution in [-0.4, -0.2) is 77.0 Å². The number of likely N-dealkylation sites (N-methyl/N-ethyl adjacent to an activating group) is 1. The number of hydrogen-bond acceptors (Lipinski definition) is 8. The molecule has 1 unspecified atom stereocenters. The summed E-state index contributed by atoms with van der Waals surface area (Å²) in [6.45, 7) is 8.41. The van der Waals surface area contributed by atoms with Crippen LogP contribution in [0.2, 0.25) is 0 Å². The fraction of sp³-hybridized carbons (Fsp3) is 0.324. The molecule has 6 rings (SSSR count). The average molecular weight is 697 g/mol. The van der Waals surface area contributed by atoms with E-state index in [0.717, 1.165) is 5.56 Å². The number of hydrogen-bond donors (Lipinski definition) is 2. The molecule has 2 N–H and O–H groups in total. The summed E-state index contributed by atoms with van der Waals surface area (Å²) in [4.78, 5) is 62.7. The van der Waals surface area contributed by atoms with E-state index in [2.05, 4.69) is 15.6 Å². The molecular formula is C37H40N6O6S. The Labute approximate surface area is 294 Å². The lowest BCUT2D eigenvalue weighted by molar-refractivity contribution is -0.127. The molecule has 0 spiro atoms. The third-order valence-electron chi connectivity index (χ3n) is 8.25. The predicted molar refractivity (Wildman–Crippen MR) is 194 cm³/mol. The van der Waals surface area contributed by atoms with Crippen molar-refractivity contribution in [1.82, 2.24) is 20.1 Å². The molecule has 2 aromatic heterocycles. The van der Waals surface area contributed by atoms with E-state index in [0.29, 0.717) is 69.6 Å². The topological polar surface area (TPSA) is 133 Å². The largest absolute Gasteiger partial charge is 0.457 e. The number of piperidine rings is 1. The van der Waals surface area contributed by atoms with Gasteiger partial charge in [0.25, 0.3) is 5.91 Å². The second-order valence-corrected chi connectivity index (χ2v) is 14.3. The first-order chi connectivity index (χ1) is 23.9. The van der Waals surface area contributed by atoms with Crippen molar-refractivity contribution in [2.45, 2.75) is 52.2 Å². The highest BCUT2D eigenvalue weighted by Gasteiger charge is 2.34. The molecule has 2 aromatic carbocycles. The molecule has 0 saturated carbocycles. The Morgan fingerprint density at radius 2 is 1.88 bits per heavy atom. The van der Waals surface area contributed by atoms with Crippen LogP contribution < -0.4 is 20.3 Å². The molecule has 4 aromatic rings. The van der Waals surface area contributed by atoms with Crippen molar-refractivity contribution < 1.29 is 28.7 Å². The van der Waals surface area contributed by atoms with E-state index in [1.54, 1.807) is 56.0 Å². The summed E-state index contributed by atoms with van der Waals surface area (Å²) in [7, 11) is 1.61. The SMILES string of the molecule is Cc1cc(Oc2ccccc2)ccc1N1C(=O)Nc2c(C(=O)NC3CCCN(C(=O)/C=C/CN(C)C(=O)OC(C)(C)C)C3)sc3nccc1c23. The van der Waals surface area contributed by atoms with E-state index in [-0.39, 0.29) is 24.4 Å². The Morgan fingerprint density at radius 1 is 1.10 bits per heavy atom. The molecule has 1 fully saturated rings. The maximum absolute atomic E-state index is 13.7. The fourth-order valence-corrected chi connectivity index (χ4v) is 6.95. The number of para-hydroxylation sites is 1. The van der Waals surface area contributed by atoms with E-state index in [1.807, 2.05) is 55.5 Å². The van der Waals surface area contributed by atoms with Gasteiger partial charge in [-0.25, -0.2) is 14.6 Å². The van der Waals surface area contributed by atoms with Gasteiger partial charge in [-0.05, 0) is 82.5 Å². The van der Waals surface area contributed by atoms with Crippen molar-refractivity contribution >= 4 is 62.6 Å². The van der Waals surface area contributed by atoms with Gasteiger partial charge in [0.2, 0.25) is 5.91 Å². The maximum atomic E-state index is 13.7.